The molecule has 0 radical (unpaired) electrons. The summed E-state index contributed by atoms with van der Waals surface area (Å²) in [7, 11) is 0. The Balaban J connectivity index is 3.23. The molecule has 0 spiro atoms. The molecule has 0 saturated carbocycles. The fourth-order valence-corrected chi connectivity index (χ4v) is 1.55. The summed E-state index contributed by atoms with van der Waals surface area (Å²) in [5.41, 5.74) is 1.14. The highest BCUT2D eigenvalue weighted by molar-refractivity contribution is 14.1. The molecule has 1 rings (SSSR count). The summed E-state index contributed by atoms with van der Waals surface area (Å²) in [6.45, 7) is 3.58. The van der Waals surface area contributed by atoms with Crippen molar-refractivity contribution in [1.82, 2.24) is 0 Å². The monoisotopic (exact) mass is 274 g/mol. The van der Waals surface area contributed by atoms with Gasteiger partial charge in [-0.15, -0.1) is 0 Å². The fourth-order valence-electron chi connectivity index (χ4n) is 0.854. The second kappa shape index (κ2) is 3.71. The number of carboxylic acids is 1. The Bertz CT molecular complexity index is 331. The summed E-state index contributed by atoms with van der Waals surface area (Å²) in [6.07, 6.45) is 1.63. The first-order chi connectivity index (χ1) is 5.63. The van der Waals surface area contributed by atoms with Crippen molar-refractivity contribution in [2.24, 2.45) is 0 Å². The zero-order valence-corrected chi connectivity index (χ0v) is 8.41. The Kier molecular flexibility index (Phi) is 2.86. The second-order valence-electron chi connectivity index (χ2n) is 2.28. The van der Waals surface area contributed by atoms with Crippen LogP contribution in [0.1, 0.15) is 15.9 Å². The summed E-state index contributed by atoms with van der Waals surface area (Å²) < 4.78 is 0.905. The Labute approximate surface area is 84.1 Å². The van der Waals surface area contributed by atoms with E-state index < -0.39 is 5.97 Å². The standard InChI is InChI=1S/C9H7IO2/c1-2-6-3-7(9(11)12)5-8(10)4-6/h2-5H,1H2,(H,11,12). The Morgan fingerprint density at radius 2 is 2.17 bits per heavy atom. The van der Waals surface area contributed by atoms with Gasteiger partial charge >= 0.3 is 5.97 Å². The van der Waals surface area contributed by atoms with Crippen LogP contribution in [-0.2, 0) is 0 Å². The lowest BCUT2D eigenvalue weighted by Crippen LogP contribution is -1.96. The molecule has 0 aliphatic carbocycles. The summed E-state index contributed by atoms with van der Waals surface area (Å²) in [6, 6.07) is 5.09. The van der Waals surface area contributed by atoms with Gasteiger partial charge in [0.15, 0.2) is 0 Å². The molecule has 0 aliphatic heterocycles. The van der Waals surface area contributed by atoms with Gasteiger partial charge in [-0.3, -0.25) is 0 Å². The average molecular weight is 274 g/mol. The van der Waals surface area contributed by atoms with Crippen molar-refractivity contribution >= 4 is 34.6 Å². The molecule has 12 heavy (non-hydrogen) atoms. The SMILES string of the molecule is C=Cc1cc(I)cc(C(=O)O)c1. The third-order valence-corrected chi connectivity index (χ3v) is 2.03. The van der Waals surface area contributed by atoms with Gasteiger partial charge in [0, 0.05) is 3.57 Å². The van der Waals surface area contributed by atoms with Gasteiger partial charge in [-0.2, -0.15) is 0 Å². The predicted molar refractivity (Wildman–Crippen MR) is 56.2 cm³/mol. The molecule has 0 amide bonds. The first-order valence-electron chi connectivity index (χ1n) is 3.30. The first kappa shape index (κ1) is 9.25. The van der Waals surface area contributed by atoms with E-state index in [1.54, 1.807) is 18.2 Å². The largest absolute Gasteiger partial charge is 0.478 e. The third-order valence-electron chi connectivity index (χ3n) is 1.40. The molecule has 0 saturated heterocycles. The van der Waals surface area contributed by atoms with Crippen LogP contribution in [0.25, 0.3) is 6.08 Å². The van der Waals surface area contributed by atoms with Crippen molar-refractivity contribution < 1.29 is 9.90 Å². The Morgan fingerprint density at radius 1 is 1.50 bits per heavy atom. The molecule has 1 N–H and O–H groups in total. The van der Waals surface area contributed by atoms with Crippen molar-refractivity contribution in [3.8, 4) is 0 Å². The van der Waals surface area contributed by atoms with Gasteiger partial charge in [-0.05, 0) is 46.4 Å². The normalized spacial score (nSPS) is 9.42. The van der Waals surface area contributed by atoms with E-state index in [0.29, 0.717) is 5.56 Å². The molecule has 0 atom stereocenters. The minimum Gasteiger partial charge on any atom is -0.478 e. The Hall–Kier alpha value is -0.840. The molecule has 0 aliphatic rings. The topological polar surface area (TPSA) is 37.3 Å². The van der Waals surface area contributed by atoms with Crippen molar-refractivity contribution in [3.63, 3.8) is 0 Å². The van der Waals surface area contributed by atoms with E-state index in [1.165, 1.54) is 0 Å². The maximum absolute atomic E-state index is 10.6. The molecule has 0 unspecified atom stereocenters. The van der Waals surface area contributed by atoms with Gasteiger partial charge in [-0.1, -0.05) is 12.7 Å². The molecule has 0 fully saturated rings. The van der Waals surface area contributed by atoms with Crippen LogP contribution in [0.2, 0.25) is 0 Å². The quantitative estimate of drug-likeness (QED) is 0.842. The van der Waals surface area contributed by atoms with E-state index in [0.717, 1.165) is 9.13 Å². The van der Waals surface area contributed by atoms with E-state index in [2.05, 4.69) is 29.2 Å². The zero-order valence-electron chi connectivity index (χ0n) is 6.25. The fraction of sp³-hybridized carbons (Fsp3) is 0. The summed E-state index contributed by atoms with van der Waals surface area (Å²) in [4.78, 5) is 10.6. The van der Waals surface area contributed by atoms with Crippen LogP contribution in [0.5, 0.6) is 0 Å². The number of hydrogen-bond acceptors (Lipinski definition) is 1. The third kappa shape index (κ3) is 2.07. The van der Waals surface area contributed by atoms with Crippen LogP contribution < -0.4 is 0 Å². The number of benzene rings is 1. The van der Waals surface area contributed by atoms with Crippen LogP contribution in [0.3, 0.4) is 0 Å². The van der Waals surface area contributed by atoms with E-state index in [-0.39, 0.29) is 0 Å². The molecule has 0 bridgehead atoms. The van der Waals surface area contributed by atoms with Gasteiger partial charge in [0.1, 0.15) is 0 Å². The minimum absolute atomic E-state index is 0.303. The molecule has 1 aromatic rings. The maximum atomic E-state index is 10.6. The highest BCUT2D eigenvalue weighted by Crippen LogP contribution is 2.13. The lowest BCUT2D eigenvalue weighted by molar-refractivity contribution is 0.0697. The van der Waals surface area contributed by atoms with Crippen LogP contribution in [0.4, 0.5) is 0 Å². The molecular formula is C9H7IO2. The van der Waals surface area contributed by atoms with Crippen LogP contribution in [0, 0.1) is 3.57 Å². The van der Waals surface area contributed by atoms with Gasteiger partial charge in [-0.25, -0.2) is 4.79 Å². The number of carboxylic acid groups (broad SMARTS) is 1. The van der Waals surface area contributed by atoms with Gasteiger partial charge in [0.2, 0.25) is 0 Å². The molecule has 0 heterocycles. The van der Waals surface area contributed by atoms with E-state index >= 15 is 0 Å². The van der Waals surface area contributed by atoms with Crippen molar-refractivity contribution in [3.05, 3.63) is 39.5 Å². The lowest BCUT2D eigenvalue weighted by Gasteiger charge is -1.98. The smallest absolute Gasteiger partial charge is 0.335 e. The van der Waals surface area contributed by atoms with Gasteiger partial charge in [0.05, 0.1) is 5.56 Å². The minimum atomic E-state index is -0.906. The van der Waals surface area contributed by atoms with Crippen LogP contribution in [-0.4, -0.2) is 11.1 Å². The highest BCUT2D eigenvalue weighted by Gasteiger charge is 2.03. The van der Waals surface area contributed by atoms with Gasteiger partial charge < -0.3 is 5.11 Å². The Morgan fingerprint density at radius 3 is 2.67 bits per heavy atom. The predicted octanol–water partition coefficient (Wildman–Crippen LogP) is 2.63. The number of hydrogen-bond donors (Lipinski definition) is 1. The molecule has 2 nitrogen and oxygen atoms in total. The number of rotatable bonds is 2. The molecular weight excluding hydrogens is 267 g/mol. The summed E-state index contributed by atoms with van der Waals surface area (Å²) >= 11 is 2.08. The summed E-state index contributed by atoms with van der Waals surface area (Å²) in [5.74, 6) is -0.906. The van der Waals surface area contributed by atoms with E-state index in [9.17, 15) is 4.79 Å². The molecule has 0 aromatic heterocycles. The molecule has 62 valence electrons. The number of halogens is 1. The molecule has 3 heteroatoms. The number of aromatic carboxylic acids is 1. The molecule has 1 aromatic carbocycles. The van der Waals surface area contributed by atoms with Crippen LogP contribution >= 0.6 is 22.6 Å². The van der Waals surface area contributed by atoms with E-state index in [1.807, 2.05) is 6.07 Å². The zero-order chi connectivity index (χ0) is 9.14. The lowest BCUT2D eigenvalue weighted by atomic mass is 10.1. The van der Waals surface area contributed by atoms with Crippen molar-refractivity contribution in [2.75, 3.05) is 0 Å². The first-order valence-corrected chi connectivity index (χ1v) is 4.37. The number of carbonyl (C=O) groups is 1. The highest BCUT2D eigenvalue weighted by atomic mass is 127. The second-order valence-corrected chi connectivity index (χ2v) is 3.53. The van der Waals surface area contributed by atoms with E-state index in [4.69, 9.17) is 5.11 Å². The van der Waals surface area contributed by atoms with Crippen molar-refractivity contribution in [2.45, 2.75) is 0 Å². The maximum Gasteiger partial charge on any atom is 0.335 e. The van der Waals surface area contributed by atoms with Gasteiger partial charge in [0.25, 0.3) is 0 Å². The average Bonchev–Trinajstić information content (AvgIpc) is 2.03. The summed E-state index contributed by atoms with van der Waals surface area (Å²) in [5, 5.41) is 8.69. The van der Waals surface area contributed by atoms with Crippen LogP contribution in [0.15, 0.2) is 24.8 Å². The van der Waals surface area contributed by atoms with Crippen molar-refractivity contribution in [1.29, 1.82) is 0 Å².